The minimum atomic E-state index is -0.122. The van der Waals surface area contributed by atoms with Crippen LogP contribution < -0.4 is 4.90 Å². The van der Waals surface area contributed by atoms with Gasteiger partial charge in [0.15, 0.2) is 0 Å². The first-order valence-electron chi connectivity index (χ1n) is 17.7. The Bertz CT molecular complexity index is 2800. The molecule has 0 aliphatic heterocycles. The smallest absolute Gasteiger partial charge is 0.137 e. The predicted octanol–water partition coefficient (Wildman–Crippen LogP) is 13.8. The van der Waals surface area contributed by atoms with Crippen LogP contribution in [0.3, 0.4) is 0 Å². The number of anilines is 3. The van der Waals surface area contributed by atoms with E-state index in [1.165, 1.54) is 49.7 Å². The van der Waals surface area contributed by atoms with Gasteiger partial charge in [-0.1, -0.05) is 141 Å². The molecule has 2 heteroatoms. The molecule has 0 radical (unpaired) electrons. The zero-order valence-electron chi connectivity index (χ0n) is 28.6. The number of hydrogen-bond donors (Lipinski definition) is 0. The van der Waals surface area contributed by atoms with Crippen LogP contribution >= 0.6 is 0 Å². The second kappa shape index (κ2) is 11.3. The summed E-state index contributed by atoms with van der Waals surface area (Å²) in [6.45, 7) is 4.69. The fraction of sp³-hybridized carbons (Fsp3) is 0.0612. The van der Waals surface area contributed by atoms with E-state index in [9.17, 15) is 0 Å². The fourth-order valence-electron chi connectivity index (χ4n) is 8.36. The molecule has 1 aromatic heterocycles. The Balaban J connectivity index is 1.18. The first-order chi connectivity index (χ1) is 25.0. The minimum absolute atomic E-state index is 0.122. The maximum absolute atomic E-state index is 6.45. The summed E-state index contributed by atoms with van der Waals surface area (Å²) in [6.07, 6.45) is 0. The number of fused-ring (bicyclic) bond motifs is 7. The molecule has 0 fully saturated rings. The van der Waals surface area contributed by atoms with Crippen molar-refractivity contribution in [2.24, 2.45) is 0 Å². The first kappa shape index (κ1) is 29.5. The molecule has 51 heavy (non-hydrogen) atoms. The van der Waals surface area contributed by atoms with Crippen molar-refractivity contribution in [3.63, 3.8) is 0 Å². The third-order valence-electron chi connectivity index (χ3n) is 10.9. The van der Waals surface area contributed by atoms with Gasteiger partial charge < -0.3 is 9.32 Å². The van der Waals surface area contributed by atoms with Crippen molar-refractivity contribution in [1.29, 1.82) is 0 Å². The molecule has 0 N–H and O–H groups in total. The van der Waals surface area contributed by atoms with Gasteiger partial charge in [0, 0.05) is 39.2 Å². The summed E-state index contributed by atoms with van der Waals surface area (Å²) in [5.74, 6) is 0. The van der Waals surface area contributed by atoms with Gasteiger partial charge in [0.05, 0.1) is 5.69 Å². The molecule has 0 bridgehead atoms. The molecule has 242 valence electrons. The molecule has 0 saturated heterocycles. The third-order valence-corrected chi connectivity index (χ3v) is 10.9. The number of hydrogen-bond acceptors (Lipinski definition) is 2. The number of benzene rings is 8. The van der Waals surface area contributed by atoms with Gasteiger partial charge in [0.25, 0.3) is 0 Å². The van der Waals surface area contributed by atoms with E-state index in [1.807, 2.05) is 12.1 Å². The molecule has 0 saturated carbocycles. The van der Waals surface area contributed by atoms with E-state index in [0.717, 1.165) is 44.6 Å². The average Bonchev–Trinajstić information content (AvgIpc) is 3.66. The van der Waals surface area contributed by atoms with Gasteiger partial charge in [-0.15, -0.1) is 0 Å². The van der Waals surface area contributed by atoms with Crippen LogP contribution in [0.2, 0.25) is 0 Å². The standard InChI is InChI=1S/C49H35NO/c1-49(2)44-22-8-5-19-40(44)41-27-25-35(30-45(41)49)50(36-26-28-43-42-20-7-10-24-47(42)51-48(43)31-36)46-23-9-6-18-39(46)34-16-11-15-33(29-34)38-21-12-14-32-13-3-4-17-37(32)38/h3-31H,1-2H3. The molecule has 1 aliphatic rings. The largest absolute Gasteiger partial charge is 0.456 e. The Morgan fingerprint density at radius 2 is 1.02 bits per heavy atom. The Labute approximate surface area is 297 Å². The SMILES string of the molecule is CC1(C)c2ccccc2-c2ccc(N(c3ccc4c(c3)oc3ccccc34)c3ccccc3-c3cccc(-c4cccc5ccccc45)c3)cc21. The van der Waals surface area contributed by atoms with Gasteiger partial charge in [-0.3, -0.25) is 0 Å². The molecule has 0 unspecified atom stereocenters. The third kappa shape index (κ3) is 4.64. The lowest BCUT2D eigenvalue weighted by Gasteiger charge is -2.30. The predicted molar refractivity (Wildman–Crippen MR) is 214 cm³/mol. The van der Waals surface area contributed by atoms with Crippen LogP contribution in [0.4, 0.5) is 17.1 Å². The van der Waals surface area contributed by atoms with Crippen molar-refractivity contribution in [3.05, 3.63) is 187 Å². The Morgan fingerprint density at radius 1 is 0.412 bits per heavy atom. The summed E-state index contributed by atoms with van der Waals surface area (Å²) in [5, 5.41) is 4.76. The summed E-state index contributed by atoms with van der Waals surface area (Å²) in [5.41, 5.74) is 15.0. The molecular weight excluding hydrogens is 619 g/mol. The van der Waals surface area contributed by atoms with E-state index in [1.54, 1.807) is 0 Å². The van der Waals surface area contributed by atoms with Gasteiger partial charge in [0.2, 0.25) is 0 Å². The van der Waals surface area contributed by atoms with Crippen molar-refractivity contribution >= 4 is 49.8 Å². The van der Waals surface area contributed by atoms with Crippen molar-refractivity contribution in [3.8, 4) is 33.4 Å². The molecule has 0 atom stereocenters. The second-order valence-electron chi connectivity index (χ2n) is 14.1. The van der Waals surface area contributed by atoms with Crippen molar-refractivity contribution in [2.45, 2.75) is 19.3 Å². The van der Waals surface area contributed by atoms with E-state index in [-0.39, 0.29) is 5.41 Å². The van der Waals surface area contributed by atoms with E-state index >= 15 is 0 Å². The summed E-state index contributed by atoms with van der Waals surface area (Å²) >= 11 is 0. The van der Waals surface area contributed by atoms with E-state index in [4.69, 9.17) is 4.42 Å². The van der Waals surface area contributed by atoms with E-state index < -0.39 is 0 Å². The maximum Gasteiger partial charge on any atom is 0.137 e. The van der Waals surface area contributed by atoms with Gasteiger partial charge in [-0.2, -0.15) is 0 Å². The quantitative estimate of drug-likeness (QED) is 0.184. The minimum Gasteiger partial charge on any atom is -0.456 e. The number of furan rings is 1. The Morgan fingerprint density at radius 3 is 1.92 bits per heavy atom. The molecule has 0 amide bonds. The van der Waals surface area contributed by atoms with Crippen LogP contribution in [-0.4, -0.2) is 0 Å². The van der Waals surface area contributed by atoms with Crippen LogP contribution in [0.25, 0.3) is 66.1 Å². The molecule has 1 heterocycles. The van der Waals surface area contributed by atoms with E-state index in [2.05, 4.69) is 183 Å². The van der Waals surface area contributed by atoms with Gasteiger partial charge >= 0.3 is 0 Å². The van der Waals surface area contributed by atoms with Gasteiger partial charge in [-0.25, -0.2) is 0 Å². The average molecular weight is 654 g/mol. The van der Waals surface area contributed by atoms with Gasteiger partial charge in [-0.05, 0) is 92.2 Å². The normalized spacial score (nSPS) is 13.1. The molecule has 10 rings (SSSR count). The lowest BCUT2D eigenvalue weighted by atomic mass is 9.82. The summed E-state index contributed by atoms with van der Waals surface area (Å²) in [6, 6.07) is 63.7. The summed E-state index contributed by atoms with van der Waals surface area (Å²) in [4.78, 5) is 2.41. The number of rotatable bonds is 5. The van der Waals surface area contributed by atoms with Crippen molar-refractivity contribution in [2.75, 3.05) is 4.90 Å². The Hall–Kier alpha value is -6.38. The number of para-hydroxylation sites is 2. The number of nitrogens with zero attached hydrogens (tertiary/aromatic N) is 1. The topological polar surface area (TPSA) is 16.4 Å². The summed E-state index contributed by atoms with van der Waals surface area (Å²) in [7, 11) is 0. The van der Waals surface area contributed by atoms with Crippen LogP contribution in [0.5, 0.6) is 0 Å². The van der Waals surface area contributed by atoms with Crippen molar-refractivity contribution in [1.82, 2.24) is 0 Å². The molecule has 2 nitrogen and oxygen atoms in total. The molecule has 8 aromatic carbocycles. The van der Waals surface area contributed by atoms with Crippen LogP contribution in [0.1, 0.15) is 25.0 Å². The molecule has 1 aliphatic carbocycles. The van der Waals surface area contributed by atoms with E-state index in [0.29, 0.717) is 0 Å². The summed E-state index contributed by atoms with van der Waals surface area (Å²) < 4.78 is 6.45. The lowest BCUT2D eigenvalue weighted by molar-refractivity contribution is 0.660. The lowest BCUT2D eigenvalue weighted by Crippen LogP contribution is -2.16. The zero-order chi connectivity index (χ0) is 34.1. The highest BCUT2D eigenvalue weighted by molar-refractivity contribution is 6.06. The van der Waals surface area contributed by atoms with Crippen LogP contribution in [0.15, 0.2) is 180 Å². The molecular formula is C49H35NO. The molecule has 0 spiro atoms. The van der Waals surface area contributed by atoms with Crippen molar-refractivity contribution < 1.29 is 4.42 Å². The second-order valence-corrected chi connectivity index (χ2v) is 14.1. The first-order valence-corrected chi connectivity index (χ1v) is 17.7. The van der Waals surface area contributed by atoms with Gasteiger partial charge in [0.1, 0.15) is 11.2 Å². The highest BCUT2D eigenvalue weighted by Gasteiger charge is 2.36. The zero-order valence-corrected chi connectivity index (χ0v) is 28.6. The molecule has 9 aromatic rings. The Kier molecular flexibility index (Phi) is 6.56. The maximum atomic E-state index is 6.45. The van der Waals surface area contributed by atoms with Crippen LogP contribution in [-0.2, 0) is 5.41 Å². The monoisotopic (exact) mass is 653 g/mol. The fourth-order valence-corrected chi connectivity index (χ4v) is 8.36. The highest BCUT2D eigenvalue weighted by atomic mass is 16.3. The van der Waals surface area contributed by atoms with Crippen LogP contribution in [0, 0.1) is 0 Å². The highest BCUT2D eigenvalue weighted by Crippen LogP contribution is 2.51.